The minimum atomic E-state index is -0.340. The Balaban J connectivity index is 1.48. The van der Waals surface area contributed by atoms with Gasteiger partial charge in [-0.2, -0.15) is 0 Å². The van der Waals surface area contributed by atoms with Gasteiger partial charge in [0.15, 0.2) is 15.8 Å². The van der Waals surface area contributed by atoms with Gasteiger partial charge in [0, 0.05) is 0 Å². The number of anilines is 1. The Morgan fingerprint density at radius 3 is 2.73 bits per heavy atom. The molecule has 1 fully saturated rings. The number of ether oxygens (including phenoxy) is 2. The molecule has 1 aliphatic heterocycles. The Morgan fingerprint density at radius 2 is 2.00 bits per heavy atom. The van der Waals surface area contributed by atoms with Gasteiger partial charge in [0.05, 0.1) is 11.3 Å². The highest BCUT2D eigenvalue weighted by molar-refractivity contribution is 8.01. The molecule has 0 unspecified atom stereocenters. The van der Waals surface area contributed by atoms with Crippen LogP contribution in [0, 0.1) is 0 Å². The second-order valence-electron chi connectivity index (χ2n) is 6.39. The third-order valence-corrected chi connectivity index (χ3v) is 6.57. The molecule has 1 saturated carbocycles. The number of rotatable bonds is 5. The van der Waals surface area contributed by atoms with Crippen molar-refractivity contribution in [3.8, 4) is 11.5 Å². The number of amides is 1. The lowest BCUT2D eigenvalue weighted by Gasteiger charge is -2.32. The number of aromatic nitrogens is 2. The quantitative estimate of drug-likeness (QED) is 0.755. The van der Waals surface area contributed by atoms with Crippen LogP contribution in [0.15, 0.2) is 22.5 Å². The predicted octanol–water partition coefficient (Wildman–Crippen LogP) is 2.57. The summed E-state index contributed by atoms with van der Waals surface area (Å²) in [5.74, 6) is 1.80. The molecule has 1 aromatic carbocycles. The van der Waals surface area contributed by atoms with Gasteiger partial charge in [0.1, 0.15) is 13.2 Å². The van der Waals surface area contributed by atoms with Crippen LogP contribution in [0.25, 0.3) is 0 Å². The highest BCUT2D eigenvalue weighted by Gasteiger charge is 2.37. The summed E-state index contributed by atoms with van der Waals surface area (Å²) in [6.45, 7) is 1.12. The van der Waals surface area contributed by atoms with Crippen LogP contribution in [0.5, 0.6) is 11.5 Å². The van der Waals surface area contributed by atoms with E-state index in [2.05, 4.69) is 15.5 Å². The number of carbonyl (C=O) groups excluding carboxylic acids is 1. The lowest BCUT2D eigenvalue weighted by atomic mass is 9.87. The molecule has 0 radical (unpaired) electrons. The van der Waals surface area contributed by atoms with Gasteiger partial charge < -0.3 is 20.5 Å². The maximum Gasteiger partial charge on any atom is 0.231 e. The van der Waals surface area contributed by atoms with E-state index in [1.165, 1.54) is 23.1 Å². The highest BCUT2D eigenvalue weighted by atomic mass is 32.2. The van der Waals surface area contributed by atoms with Crippen LogP contribution in [0.1, 0.15) is 31.2 Å². The van der Waals surface area contributed by atoms with Gasteiger partial charge in [0.25, 0.3) is 0 Å². The molecule has 9 heteroatoms. The zero-order valence-corrected chi connectivity index (χ0v) is 15.8. The number of hydrogen-bond donors (Lipinski definition) is 2. The number of carbonyl (C=O) groups is 1. The largest absolute Gasteiger partial charge is 0.486 e. The molecular weight excluding hydrogens is 372 g/mol. The fourth-order valence-electron chi connectivity index (χ4n) is 3.51. The van der Waals surface area contributed by atoms with Gasteiger partial charge >= 0.3 is 0 Å². The third-order valence-electron chi connectivity index (χ3n) is 4.68. The number of benzene rings is 1. The van der Waals surface area contributed by atoms with E-state index in [-0.39, 0.29) is 11.4 Å². The van der Waals surface area contributed by atoms with Crippen molar-refractivity contribution in [1.82, 2.24) is 15.5 Å². The van der Waals surface area contributed by atoms with Crippen molar-refractivity contribution in [3.05, 3.63) is 23.8 Å². The van der Waals surface area contributed by atoms with Gasteiger partial charge in [-0.3, -0.25) is 4.79 Å². The van der Waals surface area contributed by atoms with Gasteiger partial charge in [-0.15, -0.1) is 10.2 Å². The average Bonchev–Trinajstić information content (AvgIpc) is 3.29. The number of thioether (sulfide) groups is 1. The third kappa shape index (κ3) is 3.59. The first kappa shape index (κ1) is 17.4. The Kier molecular flexibility index (Phi) is 4.90. The van der Waals surface area contributed by atoms with Crippen molar-refractivity contribution in [2.75, 3.05) is 24.7 Å². The summed E-state index contributed by atoms with van der Waals surface area (Å²) in [6, 6.07) is 5.99. The molecule has 7 nitrogen and oxygen atoms in total. The van der Waals surface area contributed by atoms with E-state index >= 15 is 0 Å². The summed E-state index contributed by atoms with van der Waals surface area (Å²) < 4.78 is 12.0. The Morgan fingerprint density at radius 1 is 1.23 bits per heavy atom. The van der Waals surface area contributed by atoms with E-state index in [1.807, 2.05) is 18.2 Å². The molecule has 26 heavy (non-hydrogen) atoms. The van der Waals surface area contributed by atoms with Crippen LogP contribution < -0.4 is 20.5 Å². The van der Waals surface area contributed by atoms with Crippen molar-refractivity contribution in [2.24, 2.45) is 0 Å². The lowest BCUT2D eigenvalue weighted by molar-refractivity contribution is -0.120. The van der Waals surface area contributed by atoms with Crippen molar-refractivity contribution in [3.63, 3.8) is 0 Å². The van der Waals surface area contributed by atoms with Crippen LogP contribution in [0.3, 0.4) is 0 Å². The second kappa shape index (κ2) is 7.32. The molecule has 1 amide bonds. The van der Waals surface area contributed by atoms with Crippen LogP contribution >= 0.6 is 23.1 Å². The van der Waals surface area contributed by atoms with E-state index < -0.39 is 0 Å². The molecule has 0 spiro atoms. The topological polar surface area (TPSA) is 99.4 Å². The fraction of sp³-hybridized carbons (Fsp3) is 0.471. The van der Waals surface area contributed by atoms with Gasteiger partial charge in [0.2, 0.25) is 11.0 Å². The zero-order chi connectivity index (χ0) is 18.0. The summed E-state index contributed by atoms with van der Waals surface area (Å²) in [5.41, 5.74) is 6.32. The van der Waals surface area contributed by atoms with Crippen LogP contribution in [0.4, 0.5) is 5.13 Å². The Labute approximate surface area is 159 Å². The summed E-state index contributed by atoms with van der Waals surface area (Å²) in [6.07, 6.45) is 4.03. The first-order valence-corrected chi connectivity index (χ1v) is 10.4. The molecule has 0 atom stereocenters. The molecule has 138 valence electrons. The summed E-state index contributed by atoms with van der Waals surface area (Å²) >= 11 is 2.65. The molecule has 0 bridgehead atoms. The molecule has 1 aliphatic carbocycles. The number of nitrogens with one attached hydrogen (secondary N) is 1. The fourth-order valence-corrected chi connectivity index (χ4v) is 4.95. The molecule has 4 rings (SSSR count). The summed E-state index contributed by atoms with van der Waals surface area (Å²) in [4.78, 5) is 12.6. The van der Waals surface area contributed by atoms with Crippen molar-refractivity contribution in [2.45, 2.75) is 35.6 Å². The second-order valence-corrected chi connectivity index (χ2v) is 8.62. The number of hydrogen-bond acceptors (Lipinski definition) is 8. The van der Waals surface area contributed by atoms with Gasteiger partial charge in [-0.1, -0.05) is 42.0 Å². The molecule has 1 aromatic heterocycles. The first-order chi connectivity index (χ1) is 12.6. The molecule has 0 saturated heterocycles. The van der Waals surface area contributed by atoms with E-state index in [9.17, 15) is 4.79 Å². The maximum absolute atomic E-state index is 12.6. The summed E-state index contributed by atoms with van der Waals surface area (Å²) in [5, 5.41) is 11.4. The van der Waals surface area contributed by atoms with E-state index in [1.54, 1.807) is 0 Å². The van der Waals surface area contributed by atoms with Crippen LogP contribution in [-0.4, -0.2) is 35.1 Å². The minimum absolute atomic E-state index is 0.0134. The molecule has 2 aliphatic rings. The average molecular weight is 393 g/mol. The highest BCUT2D eigenvalue weighted by Crippen LogP contribution is 2.42. The predicted molar refractivity (Wildman–Crippen MR) is 101 cm³/mol. The maximum atomic E-state index is 12.6. The molecule has 2 aromatic rings. The minimum Gasteiger partial charge on any atom is -0.486 e. The van der Waals surface area contributed by atoms with E-state index in [0.29, 0.717) is 28.4 Å². The zero-order valence-electron chi connectivity index (χ0n) is 14.2. The van der Waals surface area contributed by atoms with Crippen LogP contribution in [0.2, 0.25) is 0 Å². The summed E-state index contributed by atoms with van der Waals surface area (Å²) in [7, 11) is 0. The first-order valence-electron chi connectivity index (χ1n) is 8.58. The molecule has 3 N–H and O–H groups in total. The van der Waals surface area contributed by atoms with Crippen molar-refractivity contribution in [1.29, 1.82) is 0 Å². The Hall–Kier alpha value is -2.00. The van der Waals surface area contributed by atoms with Gasteiger partial charge in [-0.25, -0.2) is 0 Å². The lowest BCUT2D eigenvalue weighted by Crippen LogP contribution is -2.44. The van der Waals surface area contributed by atoms with E-state index in [4.69, 9.17) is 15.2 Å². The number of nitrogens with zero attached hydrogens (tertiary/aromatic N) is 2. The smallest absolute Gasteiger partial charge is 0.231 e. The number of fused-ring (bicyclic) bond motifs is 1. The van der Waals surface area contributed by atoms with Crippen molar-refractivity contribution >= 4 is 34.1 Å². The number of nitrogens with two attached hydrogens (primary N) is 1. The van der Waals surface area contributed by atoms with Gasteiger partial charge in [-0.05, 0) is 30.5 Å². The van der Waals surface area contributed by atoms with E-state index in [0.717, 1.165) is 42.7 Å². The van der Waals surface area contributed by atoms with Crippen LogP contribution in [-0.2, 0) is 10.3 Å². The monoisotopic (exact) mass is 392 g/mol. The SMILES string of the molecule is Nc1nnc(SCC(=O)NC2(c3ccc4c(c3)OCCO4)CCCC2)s1. The standard InChI is InChI=1S/C17H20N4O3S2/c18-15-20-21-16(26-15)25-10-14(22)19-17(5-1-2-6-17)11-3-4-12-13(9-11)24-8-7-23-12/h3-4,9H,1-2,5-8,10H2,(H2,18,20)(H,19,22). The molecular formula is C17H20N4O3S2. The Bertz CT molecular complexity index is 805. The normalized spacial score (nSPS) is 17.8. The molecule has 2 heterocycles. The number of nitrogen functional groups attached to an aromatic ring is 1. The van der Waals surface area contributed by atoms with Crippen molar-refractivity contribution < 1.29 is 14.3 Å².